The fourth-order valence-electron chi connectivity index (χ4n) is 0.601. The van der Waals surface area contributed by atoms with Crippen molar-refractivity contribution < 1.29 is 29.2 Å². The van der Waals surface area contributed by atoms with Crippen LogP contribution in [0.25, 0.3) is 0 Å². The van der Waals surface area contributed by atoms with Crippen molar-refractivity contribution in [1.82, 2.24) is 0 Å². The minimum Gasteiger partial charge on any atom is -0.447 e. The predicted molar refractivity (Wildman–Crippen MR) is 41.1 cm³/mol. The van der Waals surface area contributed by atoms with Gasteiger partial charge in [0.15, 0.2) is 0 Å². The minimum atomic E-state index is -1.69. The number of rotatable bonds is 4. The Kier molecular flexibility index (Phi) is 6.39. The van der Waals surface area contributed by atoms with Gasteiger partial charge in [0.2, 0.25) is 0 Å². The van der Waals surface area contributed by atoms with E-state index in [9.17, 15) is 9.59 Å². The Labute approximate surface area is 75.3 Å². The van der Waals surface area contributed by atoms with Gasteiger partial charge in [0.1, 0.15) is 0 Å². The van der Waals surface area contributed by atoms with Crippen LogP contribution in [0.2, 0.25) is 0 Å². The third kappa shape index (κ3) is 8.45. The third-order valence-corrected chi connectivity index (χ3v) is 1.15. The lowest BCUT2D eigenvalue weighted by atomic mass is 10.3. The molecule has 0 atom stereocenters. The number of carboxylic acid groups (broad SMARTS) is 1. The number of hydrogen-bond acceptors (Lipinski definition) is 5. The summed E-state index contributed by atoms with van der Waals surface area (Å²) in [4.78, 5) is 27.4. The second-order valence-corrected chi connectivity index (χ2v) is 2.24. The Bertz CT molecular complexity index is 166. The zero-order valence-electron chi connectivity index (χ0n) is 7.32. The average molecular weight is 192 g/mol. The van der Waals surface area contributed by atoms with Crippen molar-refractivity contribution >= 4 is 12.3 Å². The quantitative estimate of drug-likeness (QED) is 0.317. The van der Waals surface area contributed by atoms with E-state index in [0.717, 1.165) is 19.3 Å². The zero-order valence-corrected chi connectivity index (χ0v) is 7.32. The molecule has 0 saturated heterocycles. The summed E-state index contributed by atoms with van der Waals surface area (Å²) in [7, 11) is 0. The van der Waals surface area contributed by atoms with Crippen LogP contribution in [0, 0.1) is 0 Å². The van der Waals surface area contributed by atoms with Gasteiger partial charge < -0.3 is 9.84 Å². The molecule has 0 aliphatic heterocycles. The van der Waals surface area contributed by atoms with Gasteiger partial charge in [0, 0.05) is 0 Å². The van der Waals surface area contributed by atoms with Gasteiger partial charge >= 0.3 is 12.3 Å². The average Bonchev–Trinajstić information content (AvgIpc) is 2.09. The Balaban J connectivity index is 3.25. The van der Waals surface area contributed by atoms with Gasteiger partial charge in [-0.2, -0.15) is 9.68 Å². The van der Waals surface area contributed by atoms with Gasteiger partial charge in [0.05, 0.1) is 6.61 Å². The monoisotopic (exact) mass is 192 g/mol. The van der Waals surface area contributed by atoms with Crippen LogP contribution in [0.15, 0.2) is 0 Å². The summed E-state index contributed by atoms with van der Waals surface area (Å²) < 4.78 is 4.44. The molecule has 0 rings (SSSR count). The number of unbranched alkanes of at least 4 members (excludes halogenated alkanes) is 2. The van der Waals surface area contributed by atoms with Crippen molar-refractivity contribution in [2.45, 2.75) is 26.2 Å². The van der Waals surface area contributed by atoms with Crippen LogP contribution < -0.4 is 0 Å². The maximum Gasteiger partial charge on any atom is 0.549 e. The smallest absolute Gasteiger partial charge is 0.447 e. The first kappa shape index (κ1) is 11.5. The van der Waals surface area contributed by atoms with Crippen LogP contribution in [0.5, 0.6) is 0 Å². The van der Waals surface area contributed by atoms with E-state index < -0.39 is 12.3 Å². The Hall–Kier alpha value is -1.46. The van der Waals surface area contributed by atoms with Crippen LogP contribution in [0.4, 0.5) is 9.59 Å². The molecule has 0 aliphatic rings. The topological polar surface area (TPSA) is 82.1 Å². The molecule has 0 spiro atoms. The second kappa shape index (κ2) is 7.20. The molecule has 6 nitrogen and oxygen atoms in total. The Morgan fingerprint density at radius 1 is 1.23 bits per heavy atom. The van der Waals surface area contributed by atoms with E-state index in [1.54, 1.807) is 0 Å². The van der Waals surface area contributed by atoms with Gasteiger partial charge in [-0.1, -0.05) is 19.8 Å². The molecule has 0 saturated carbocycles. The van der Waals surface area contributed by atoms with Gasteiger partial charge in [-0.15, -0.1) is 0 Å². The molecule has 0 bridgehead atoms. The summed E-state index contributed by atoms with van der Waals surface area (Å²) in [6.45, 7) is 2.21. The van der Waals surface area contributed by atoms with E-state index in [1.165, 1.54) is 0 Å². The first-order chi connectivity index (χ1) is 6.16. The number of carbonyl (C=O) groups excluding carboxylic acids is 1. The molecule has 6 heteroatoms. The molecule has 76 valence electrons. The zero-order chi connectivity index (χ0) is 10.1. The summed E-state index contributed by atoms with van der Waals surface area (Å²) in [5, 5.41) is 7.92. The summed E-state index contributed by atoms with van der Waals surface area (Å²) in [6, 6.07) is 0. The molecule has 0 unspecified atom stereocenters. The fraction of sp³-hybridized carbons (Fsp3) is 0.714. The number of carbonyl (C=O) groups is 2. The largest absolute Gasteiger partial charge is 0.549 e. The Morgan fingerprint density at radius 2 is 1.92 bits per heavy atom. The van der Waals surface area contributed by atoms with Gasteiger partial charge in [-0.05, 0) is 6.42 Å². The van der Waals surface area contributed by atoms with Crippen LogP contribution in [0.3, 0.4) is 0 Å². The van der Waals surface area contributed by atoms with Crippen LogP contribution in [0.1, 0.15) is 26.2 Å². The van der Waals surface area contributed by atoms with E-state index in [4.69, 9.17) is 5.11 Å². The van der Waals surface area contributed by atoms with E-state index in [1.807, 2.05) is 6.92 Å². The van der Waals surface area contributed by atoms with Crippen molar-refractivity contribution in [2.24, 2.45) is 0 Å². The first-order valence-corrected chi connectivity index (χ1v) is 3.91. The number of ether oxygens (including phenoxy) is 1. The van der Waals surface area contributed by atoms with Gasteiger partial charge in [0.25, 0.3) is 0 Å². The van der Waals surface area contributed by atoms with Crippen LogP contribution >= 0.6 is 0 Å². The van der Waals surface area contributed by atoms with Crippen molar-refractivity contribution in [3.63, 3.8) is 0 Å². The van der Waals surface area contributed by atoms with E-state index in [0.29, 0.717) is 0 Å². The molecule has 0 aliphatic carbocycles. The standard InChI is InChI=1S/C7H12O6/c1-2-3-4-5-11-7(10)13-12-6(8)9/h2-5H2,1H3,(H,8,9). The second-order valence-electron chi connectivity index (χ2n) is 2.24. The number of hydrogen-bond donors (Lipinski definition) is 1. The van der Waals surface area contributed by atoms with Crippen molar-refractivity contribution in [2.75, 3.05) is 6.61 Å². The molecule has 0 aromatic heterocycles. The maximum absolute atomic E-state index is 10.5. The maximum atomic E-state index is 10.5. The molecule has 0 radical (unpaired) electrons. The molecule has 0 heterocycles. The summed E-state index contributed by atoms with van der Waals surface area (Å²) in [6.07, 6.45) is -0.167. The first-order valence-electron chi connectivity index (χ1n) is 3.91. The molecule has 1 N–H and O–H groups in total. The lowest BCUT2D eigenvalue weighted by Crippen LogP contribution is -2.11. The van der Waals surface area contributed by atoms with Gasteiger partial charge in [-0.25, -0.2) is 9.68 Å². The molecule has 13 heavy (non-hydrogen) atoms. The van der Waals surface area contributed by atoms with E-state index >= 15 is 0 Å². The third-order valence-electron chi connectivity index (χ3n) is 1.15. The van der Waals surface area contributed by atoms with Crippen LogP contribution in [-0.2, 0) is 14.5 Å². The summed E-state index contributed by atoms with van der Waals surface area (Å²) >= 11 is 0. The van der Waals surface area contributed by atoms with Crippen molar-refractivity contribution in [1.29, 1.82) is 0 Å². The van der Waals surface area contributed by atoms with E-state index in [2.05, 4.69) is 14.5 Å². The summed E-state index contributed by atoms with van der Waals surface area (Å²) in [5.74, 6) is 0. The van der Waals surface area contributed by atoms with Gasteiger partial charge in [-0.3, -0.25) is 0 Å². The highest BCUT2D eigenvalue weighted by molar-refractivity contribution is 5.62. The summed E-state index contributed by atoms with van der Waals surface area (Å²) in [5.41, 5.74) is 0. The highest BCUT2D eigenvalue weighted by Crippen LogP contribution is 1.95. The van der Waals surface area contributed by atoms with Crippen molar-refractivity contribution in [3.8, 4) is 0 Å². The fourth-order valence-corrected chi connectivity index (χ4v) is 0.601. The highest BCUT2D eigenvalue weighted by atomic mass is 17.3. The minimum absolute atomic E-state index is 0.204. The lowest BCUT2D eigenvalue weighted by molar-refractivity contribution is -0.213. The predicted octanol–water partition coefficient (Wildman–Crippen LogP) is 1.94. The molecule has 0 aromatic carbocycles. The molecular weight excluding hydrogens is 180 g/mol. The molecule has 0 aromatic rings. The highest BCUT2D eigenvalue weighted by Gasteiger charge is 2.07. The van der Waals surface area contributed by atoms with E-state index in [-0.39, 0.29) is 6.61 Å². The molecular formula is C7H12O6. The van der Waals surface area contributed by atoms with Crippen LogP contribution in [-0.4, -0.2) is 24.0 Å². The normalized spacial score (nSPS) is 9.00. The van der Waals surface area contributed by atoms with Crippen molar-refractivity contribution in [3.05, 3.63) is 0 Å². The molecule has 0 amide bonds. The molecule has 0 fully saturated rings. The lowest BCUT2D eigenvalue weighted by Gasteiger charge is -2.01. The SMILES string of the molecule is CCCCCOC(=O)OOC(=O)O. The Morgan fingerprint density at radius 3 is 2.46 bits per heavy atom.